The van der Waals surface area contributed by atoms with Gasteiger partial charge in [-0.15, -0.1) is 0 Å². The van der Waals surface area contributed by atoms with E-state index in [2.05, 4.69) is 94.2 Å². The third kappa shape index (κ3) is 6.19. The molecule has 45 heavy (non-hydrogen) atoms. The second kappa shape index (κ2) is 12.7. The molecule has 2 N–H and O–H groups in total. The van der Waals surface area contributed by atoms with Gasteiger partial charge in [0.05, 0.1) is 23.4 Å². The van der Waals surface area contributed by atoms with Gasteiger partial charge < -0.3 is 19.6 Å². The van der Waals surface area contributed by atoms with Crippen LogP contribution in [0.15, 0.2) is 122 Å². The second-order valence-electron chi connectivity index (χ2n) is 11.0. The number of aryl methyl sites for hydroxylation is 2. The summed E-state index contributed by atoms with van der Waals surface area (Å²) in [7, 11) is 5.46. The molecule has 6 nitrogen and oxygen atoms in total. The summed E-state index contributed by atoms with van der Waals surface area (Å²) in [5.41, 5.74) is 15.9. The number of hydrogen-bond acceptors (Lipinski definition) is 4. The number of fused-ring (bicyclic) bond motifs is 2. The summed E-state index contributed by atoms with van der Waals surface area (Å²) in [4.78, 5) is 16.5. The van der Waals surface area contributed by atoms with E-state index in [1.807, 2.05) is 43.4 Å². The first-order valence-corrected chi connectivity index (χ1v) is 15.0. The van der Waals surface area contributed by atoms with Crippen molar-refractivity contribution in [3.8, 4) is 22.3 Å². The van der Waals surface area contributed by atoms with Crippen LogP contribution in [-0.2, 0) is 25.3 Å². The van der Waals surface area contributed by atoms with Crippen LogP contribution in [0, 0.1) is 0 Å². The number of rotatable bonds is 5. The first kappa shape index (κ1) is 29.7. The number of nitrogens with two attached hydrogens (primary N) is 1. The summed E-state index contributed by atoms with van der Waals surface area (Å²) in [5, 5.41) is 2.78. The highest BCUT2D eigenvalue weighted by Crippen LogP contribution is 2.32. The van der Waals surface area contributed by atoms with Crippen molar-refractivity contribution in [3.05, 3.63) is 144 Å². The minimum Gasteiger partial charge on any atom is -0.465 e. The van der Waals surface area contributed by atoms with Crippen molar-refractivity contribution >= 4 is 45.1 Å². The number of halogens is 1. The Morgan fingerprint density at radius 1 is 0.778 bits per heavy atom. The Kier molecular flexibility index (Phi) is 8.41. The van der Waals surface area contributed by atoms with E-state index >= 15 is 0 Å². The first-order chi connectivity index (χ1) is 21.8. The average molecular weight is 613 g/mol. The number of pyridine rings is 1. The van der Waals surface area contributed by atoms with Crippen molar-refractivity contribution in [1.29, 1.82) is 0 Å². The van der Waals surface area contributed by atoms with Gasteiger partial charge >= 0.3 is 5.97 Å². The quantitative estimate of drug-likeness (QED) is 0.156. The van der Waals surface area contributed by atoms with E-state index in [1.54, 1.807) is 12.3 Å². The first-order valence-electron chi connectivity index (χ1n) is 14.6. The zero-order valence-electron chi connectivity index (χ0n) is 25.4. The van der Waals surface area contributed by atoms with Crippen LogP contribution in [0.3, 0.4) is 0 Å². The molecular weight excluding hydrogens is 580 g/mol. The van der Waals surface area contributed by atoms with E-state index in [0.717, 1.165) is 16.8 Å². The van der Waals surface area contributed by atoms with Gasteiger partial charge in [0.25, 0.3) is 0 Å². The van der Waals surface area contributed by atoms with E-state index in [4.69, 9.17) is 22.1 Å². The smallest absolute Gasteiger partial charge is 0.339 e. The SMILES string of the molecule is COC(=O)c1cc(Cl)cnc1Cc1ccc2c(c1)c(-c1ccccc1)cn2C.Cn1cc(-c2ccccc2)c2cc(N)ccc21. The Hall–Kier alpha value is -5.33. The lowest BCUT2D eigenvalue weighted by Gasteiger charge is -2.08. The van der Waals surface area contributed by atoms with Gasteiger partial charge in [0, 0.05) is 77.7 Å². The van der Waals surface area contributed by atoms with E-state index < -0.39 is 5.97 Å². The Balaban J connectivity index is 0.000000179. The fourth-order valence-electron chi connectivity index (χ4n) is 5.74. The van der Waals surface area contributed by atoms with Crippen LogP contribution in [0.4, 0.5) is 5.69 Å². The molecule has 0 atom stereocenters. The minimum absolute atomic E-state index is 0.395. The summed E-state index contributed by atoms with van der Waals surface area (Å²) in [5.74, 6) is -0.434. The summed E-state index contributed by atoms with van der Waals surface area (Å²) in [6.07, 6.45) is 6.37. The van der Waals surface area contributed by atoms with Gasteiger partial charge in [-0.05, 0) is 53.1 Å². The van der Waals surface area contributed by atoms with Crippen molar-refractivity contribution in [3.63, 3.8) is 0 Å². The summed E-state index contributed by atoms with van der Waals surface area (Å²) in [6, 6.07) is 34.7. The van der Waals surface area contributed by atoms with Gasteiger partial charge in [-0.2, -0.15) is 0 Å². The maximum Gasteiger partial charge on any atom is 0.339 e. The van der Waals surface area contributed by atoms with Crippen LogP contribution < -0.4 is 5.73 Å². The number of ether oxygens (including phenoxy) is 1. The van der Waals surface area contributed by atoms with Gasteiger partial charge in [0.2, 0.25) is 0 Å². The van der Waals surface area contributed by atoms with Crippen LogP contribution >= 0.6 is 11.6 Å². The van der Waals surface area contributed by atoms with Crippen molar-refractivity contribution in [2.75, 3.05) is 12.8 Å². The normalized spacial score (nSPS) is 10.9. The van der Waals surface area contributed by atoms with Crippen molar-refractivity contribution in [2.24, 2.45) is 14.1 Å². The highest BCUT2D eigenvalue weighted by Gasteiger charge is 2.16. The zero-order valence-corrected chi connectivity index (χ0v) is 26.1. The molecule has 0 saturated heterocycles. The van der Waals surface area contributed by atoms with Crippen molar-refractivity contribution in [1.82, 2.24) is 14.1 Å². The molecule has 0 radical (unpaired) electrons. The number of carbonyl (C=O) groups excluding carboxylic acids is 1. The lowest BCUT2D eigenvalue weighted by molar-refractivity contribution is 0.0599. The second-order valence-corrected chi connectivity index (χ2v) is 11.4. The monoisotopic (exact) mass is 612 g/mol. The molecule has 3 aromatic heterocycles. The molecular formula is C38H33ClN4O2. The number of anilines is 1. The van der Waals surface area contributed by atoms with E-state index in [9.17, 15) is 4.79 Å². The van der Waals surface area contributed by atoms with Gasteiger partial charge in [-0.3, -0.25) is 4.98 Å². The predicted octanol–water partition coefficient (Wildman–Crippen LogP) is 8.70. The number of carbonyl (C=O) groups is 1. The maximum absolute atomic E-state index is 12.1. The maximum atomic E-state index is 12.1. The molecule has 7 rings (SSSR count). The third-order valence-corrected chi connectivity index (χ3v) is 8.16. The standard InChI is InChI=1S/C23H19ClN2O2.C15H14N2/c1-26-14-20(16-6-4-3-5-7-16)18-10-15(8-9-22(18)26)11-21-19(23(27)28-2)12-17(24)13-25-21;1-17-10-14(11-5-3-2-4-6-11)13-9-12(16)7-8-15(13)17/h3-10,12-14H,11H2,1-2H3;2-10H,16H2,1H3. The largest absolute Gasteiger partial charge is 0.465 e. The fraction of sp³-hybridized carbons (Fsp3) is 0.105. The van der Waals surface area contributed by atoms with E-state index in [0.29, 0.717) is 22.7 Å². The van der Waals surface area contributed by atoms with Gasteiger partial charge in [-0.25, -0.2) is 4.79 Å². The number of esters is 1. The van der Waals surface area contributed by atoms with Gasteiger partial charge in [0.15, 0.2) is 0 Å². The van der Waals surface area contributed by atoms with Gasteiger partial charge in [-0.1, -0.05) is 78.3 Å². The molecule has 0 amide bonds. The molecule has 7 heteroatoms. The minimum atomic E-state index is -0.434. The average Bonchev–Trinajstić information content (AvgIpc) is 3.57. The van der Waals surface area contributed by atoms with E-state index in [-0.39, 0.29) is 0 Å². The molecule has 0 spiro atoms. The number of hydrogen-bond donors (Lipinski definition) is 1. The van der Waals surface area contributed by atoms with Crippen LogP contribution in [0.5, 0.6) is 0 Å². The Labute approximate surface area is 267 Å². The molecule has 224 valence electrons. The zero-order chi connectivity index (χ0) is 31.5. The van der Waals surface area contributed by atoms with Gasteiger partial charge in [0.1, 0.15) is 0 Å². The Morgan fingerprint density at radius 3 is 1.91 bits per heavy atom. The lowest BCUT2D eigenvalue weighted by atomic mass is 10.00. The van der Waals surface area contributed by atoms with Crippen molar-refractivity contribution in [2.45, 2.75) is 6.42 Å². The number of methoxy groups -OCH3 is 1. The molecule has 0 bridgehead atoms. The number of aromatic nitrogens is 3. The summed E-state index contributed by atoms with van der Waals surface area (Å²) >= 11 is 6.02. The molecule has 4 aromatic carbocycles. The lowest BCUT2D eigenvalue weighted by Crippen LogP contribution is -2.08. The molecule has 7 aromatic rings. The van der Waals surface area contributed by atoms with Crippen LogP contribution in [0.25, 0.3) is 44.1 Å². The third-order valence-electron chi connectivity index (χ3n) is 7.95. The molecule has 0 aliphatic heterocycles. The highest BCUT2D eigenvalue weighted by molar-refractivity contribution is 6.30. The summed E-state index contributed by atoms with van der Waals surface area (Å²) < 4.78 is 9.14. The Morgan fingerprint density at radius 2 is 1.33 bits per heavy atom. The molecule has 0 aliphatic carbocycles. The number of nitrogen functional groups attached to an aromatic ring is 1. The van der Waals surface area contributed by atoms with Crippen LogP contribution in [0.2, 0.25) is 5.02 Å². The van der Waals surface area contributed by atoms with Crippen LogP contribution in [0.1, 0.15) is 21.6 Å². The predicted molar refractivity (Wildman–Crippen MR) is 185 cm³/mol. The molecule has 0 aliphatic rings. The molecule has 0 unspecified atom stereocenters. The van der Waals surface area contributed by atoms with Crippen molar-refractivity contribution < 1.29 is 9.53 Å². The Bertz CT molecular complexity index is 2130. The fourth-order valence-corrected chi connectivity index (χ4v) is 5.90. The number of nitrogens with zero attached hydrogens (tertiary/aromatic N) is 3. The topological polar surface area (TPSA) is 75.1 Å². The highest BCUT2D eigenvalue weighted by atomic mass is 35.5. The van der Waals surface area contributed by atoms with Crippen LogP contribution in [-0.4, -0.2) is 27.2 Å². The van der Waals surface area contributed by atoms with E-state index in [1.165, 1.54) is 45.7 Å². The summed E-state index contributed by atoms with van der Waals surface area (Å²) in [6.45, 7) is 0. The number of benzene rings is 4. The molecule has 3 heterocycles. The molecule has 0 saturated carbocycles. The molecule has 0 fully saturated rings.